The van der Waals surface area contributed by atoms with Crippen molar-refractivity contribution in [3.8, 4) is 62.0 Å². The van der Waals surface area contributed by atoms with E-state index in [9.17, 15) is 33.6 Å². The summed E-state index contributed by atoms with van der Waals surface area (Å²) < 4.78 is 5.87. The van der Waals surface area contributed by atoms with Gasteiger partial charge in [-0.25, -0.2) is 0 Å². The fourth-order valence-corrected chi connectivity index (χ4v) is 18.2. The third kappa shape index (κ3) is 22.5. The van der Waals surface area contributed by atoms with Gasteiger partial charge in [0.2, 0.25) is 29.5 Å². The van der Waals surface area contributed by atoms with E-state index in [-0.39, 0.29) is 71.5 Å². The number of benzene rings is 14. The second-order valence-electron chi connectivity index (χ2n) is 36.2. The molecular weight excluding hydrogens is 1780 g/mol. The average Bonchev–Trinajstić information content (AvgIpc) is 1.65. The molecule has 20 aromatic rings. The average molecular weight is 1880 g/mol. The normalized spacial score (nSPS) is 13.7. The van der Waals surface area contributed by atoms with E-state index < -0.39 is 0 Å². The van der Waals surface area contributed by atoms with Gasteiger partial charge in [-0.3, -0.25) is 59.1 Å². The smallest absolute Gasteiger partial charge is 0.265 e. The molecule has 4 fully saturated rings. The van der Waals surface area contributed by atoms with E-state index >= 15 is 0 Å². The largest absolute Gasteiger partial charge is 0.489 e. The van der Waals surface area contributed by atoms with Gasteiger partial charge < -0.3 is 41.7 Å². The highest BCUT2D eigenvalue weighted by Gasteiger charge is 2.33. The molecule has 14 aromatic carbocycles. The molecule has 6 aromatic heterocycles. The van der Waals surface area contributed by atoms with E-state index in [2.05, 4.69) is 174 Å². The maximum absolute atomic E-state index is 12.5. The molecule has 0 saturated heterocycles. The quantitative estimate of drug-likeness (QED) is 0.0224. The molecule has 0 bridgehead atoms. The van der Waals surface area contributed by atoms with Gasteiger partial charge in [0.25, 0.3) is 5.91 Å². The molecule has 0 radical (unpaired) electrons. The van der Waals surface area contributed by atoms with Crippen LogP contribution in [0.1, 0.15) is 112 Å². The lowest BCUT2D eigenvalue weighted by Gasteiger charge is -2.10. The molecule has 26 heteroatoms. The van der Waals surface area contributed by atoms with Gasteiger partial charge in [-0.2, -0.15) is 25.5 Å². The number of carbonyl (C=O) groups excluding carboxylic acids is 7. The van der Waals surface area contributed by atoms with Crippen LogP contribution in [0.15, 0.2) is 315 Å². The number of hydrogen-bond acceptors (Lipinski definition) is 15. The number of aromatic amines is 5. The number of aromatic nitrogens is 10. The summed E-state index contributed by atoms with van der Waals surface area (Å²) in [7, 11) is 0. The van der Waals surface area contributed by atoms with Crippen molar-refractivity contribution < 1.29 is 43.4 Å². The Morgan fingerprint density at radius 1 is 0.326 bits per heavy atom. The van der Waals surface area contributed by atoms with Gasteiger partial charge >= 0.3 is 0 Å². The first kappa shape index (κ1) is 91.9. The molecule has 1 unspecified atom stereocenters. The molecular formula is C115H102N16O9S. The van der Waals surface area contributed by atoms with Crippen molar-refractivity contribution in [3.05, 3.63) is 325 Å². The summed E-state index contributed by atoms with van der Waals surface area (Å²) in [4.78, 5) is 85.4. The number of ether oxygens (including phenoxy) is 1. The predicted molar refractivity (Wildman–Crippen MR) is 562 cm³/mol. The maximum Gasteiger partial charge on any atom is 0.265 e. The Morgan fingerprint density at radius 3 is 1.10 bits per heavy atom. The number of unbranched alkanes of at least 4 members (excludes halogenated alkanes) is 4. The lowest BCUT2D eigenvalue weighted by molar-refractivity contribution is -0.122. The molecule has 24 rings (SSSR count). The van der Waals surface area contributed by atoms with Crippen molar-refractivity contribution in [1.29, 1.82) is 0 Å². The highest BCUT2D eigenvalue weighted by atomic mass is 32.1. The number of anilines is 6. The van der Waals surface area contributed by atoms with Gasteiger partial charge in [0.05, 0.1) is 55.2 Å². The number of nitrogens with zero attached hydrogens (tertiary/aromatic N) is 5. The topological polar surface area (TPSA) is 365 Å². The van der Waals surface area contributed by atoms with Crippen molar-refractivity contribution in [3.63, 3.8) is 0 Å². The van der Waals surface area contributed by atoms with Crippen LogP contribution in [0.5, 0.6) is 5.75 Å². The summed E-state index contributed by atoms with van der Waals surface area (Å²) in [5, 5.41) is 78.4. The number of aliphatic hydroxyl groups is 1. The van der Waals surface area contributed by atoms with Crippen LogP contribution >= 0.6 is 11.3 Å². The van der Waals surface area contributed by atoms with Crippen LogP contribution in [0.25, 0.3) is 143 Å². The Labute approximate surface area is 815 Å². The molecule has 1 atom stereocenters. The minimum Gasteiger partial charge on any atom is -0.489 e. The van der Waals surface area contributed by atoms with Crippen LogP contribution in [0, 0.1) is 23.7 Å². The van der Waals surface area contributed by atoms with Crippen LogP contribution in [0.3, 0.4) is 0 Å². The van der Waals surface area contributed by atoms with E-state index in [1.54, 1.807) is 0 Å². The summed E-state index contributed by atoms with van der Waals surface area (Å²) in [6.07, 6.45) is 12.7. The van der Waals surface area contributed by atoms with Gasteiger partial charge in [0.15, 0.2) is 0 Å². The van der Waals surface area contributed by atoms with Gasteiger partial charge in [-0.1, -0.05) is 177 Å². The van der Waals surface area contributed by atoms with Crippen LogP contribution in [-0.2, 0) is 35.4 Å². The molecule has 0 aliphatic heterocycles. The number of fused-ring (bicyclic) bond motifs is 8. The number of ketones is 1. The van der Waals surface area contributed by atoms with Crippen molar-refractivity contribution >= 4 is 174 Å². The predicted octanol–water partition coefficient (Wildman–Crippen LogP) is 25.1. The number of hydrogen-bond donors (Lipinski definition) is 12. The summed E-state index contributed by atoms with van der Waals surface area (Å²) in [5.74, 6) is 1.38. The highest BCUT2D eigenvalue weighted by molar-refractivity contribution is 7.12. The van der Waals surface area contributed by atoms with E-state index in [0.717, 1.165) is 221 Å². The molecule has 4 aliphatic carbocycles. The molecule has 141 heavy (non-hydrogen) atoms. The van der Waals surface area contributed by atoms with Crippen molar-refractivity contribution in [1.82, 2.24) is 51.0 Å². The monoisotopic (exact) mass is 1880 g/mol. The Morgan fingerprint density at radius 2 is 0.695 bits per heavy atom. The molecule has 12 N–H and O–H groups in total. The van der Waals surface area contributed by atoms with Gasteiger partial charge in [0.1, 0.15) is 23.8 Å². The van der Waals surface area contributed by atoms with Gasteiger partial charge in [0, 0.05) is 138 Å². The lowest BCUT2D eigenvalue weighted by Crippen LogP contribution is -2.20. The van der Waals surface area contributed by atoms with Crippen molar-refractivity contribution in [2.24, 2.45) is 23.7 Å². The maximum atomic E-state index is 12.5. The number of thiophene rings is 1. The van der Waals surface area contributed by atoms with Gasteiger partial charge in [-0.05, 0) is 253 Å². The van der Waals surface area contributed by atoms with E-state index in [1.165, 1.54) is 43.7 Å². The molecule has 4 aliphatic rings. The molecule has 4 saturated carbocycles. The van der Waals surface area contributed by atoms with E-state index in [0.29, 0.717) is 42.9 Å². The zero-order valence-electron chi connectivity index (χ0n) is 77.2. The summed E-state index contributed by atoms with van der Waals surface area (Å²) >= 11 is 1.43. The number of H-pyrrole nitrogens is 5. The number of Topliss-reactive ketones (excluding diaryl/α,β-unsaturated/α-hetero) is 1. The molecule has 6 heterocycles. The Kier molecular flexibility index (Phi) is 27.6. The van der Waals surface area contributed by atoms with Crippen molar-refractivity contribution in [2.45, 2.75) is 103 Å². The zero-order valence-corrected chi connectivity index (χ0v) is 78.0. The minimum absolute atomic E-state index is 0.0345. The third-order valence-corrected chi connectivity index (χ3v) is 26.6. The number of amides is 6. The summed E-state index contributed by atoms with van der Waals surface area (Å²) in [5.41, 5.74) is 19.7. The van der Waals surface area contributed by atoms with E-state index in [1.807, 2.05) is 224 Å². The second-order valence-corrected chi connectivity index (χ2v) is 37.2. The van der Waals surface area contributed by atoms with Crippen molar-refractivity contribution in [2.75, 3.05) is 38.5 Å². The molecule has 702 valence electrons. The minimum atomic E-state index is -0.231. The first-order valence-corrected chi connectivity index (χ1v) is 48.8. The van der Waals surface area contributed by atoms with Crippen LogP contribution in [0.2, 0.25) is 0 Å². The van der Waals surface area contributed by atoms with Crippen LogP contribution < -0.4 is 36.6 Å². The number of rotatable bonds is 26. The number of aliphatic hydroxyl groups excluding tert-OH is 1. The first-order valence-electron chi connectivity index (χ1n) is 47.9. The first-order chi connectivity index (χ1) is 69.1. The molecule has 25 nitrogen and oxygen atoms in total. The Balaban J connectivity index is 0.000000108. The van der Waals surface area contributed by atoms with Crippen LogP contribution in [-0.4, -0.2) is 104 Å². The SMILES string of the molecule is O=C(CCCCCCCO)Nc1ccc2[nH]nc(-c3ccc4ccccc4c3)c2c1.O=C(Nc1ccc2[nH]nc(-c3ccc4ccccc4c3)c2c1)C1CC1.O=C(Nc1ccc2[nH]nc(-c3ccc4ccccc4c3)c2c1)c1cccs1.O=C(Nc1cccc(-c2n[nH]c3ccc(NC(=O)C4CC4)cc23)c1)C1CC1.O=C1CCC(C(=O)Nc2ccc3[nH]nc(-c4ccc(OCc5ccccc5)cc4)c3c2)C1. The third-order valence-electron chi connectivity index (χ3n) is 25.8. The Hall–Kier alpha value is -16.8. The number of nitrogens with one attached hydrogen (secondary N) is 11. The van der Waals surface area contributed by atoms with Gasteiger partial charge in [-0.15, -0.1) is 11.3 Å². The molecule has 6 amide bonds. The summed E-state index contributed by atoms with van der Waals surface area (Å²) in [6, 6.07) is 102. The fraction of sp³-hybridized carbons (Fsp3) is 0.183. The Bertz CT molecular complexity index is 8010. The second kappa shape index (κ2) is 42.4. The highest BCUT2D eigenvalue weighted by Crippen LogP contribution is 2.40. The zero-order chi connectivity index (χ0) is 96.1. The van der Waals surface area contributed by atoms with Crippen LogP contribution in [0.4, 0.5) is 34.1 Å². The lowest BCUT2D eigenvalue weighted by atomic mass is 10.0. The summed E-state index contributed by atoms with van der Waals surface area (Å²) in [6.45, 7) is 0.763. The fourth-order valence-electron chi connectivity index (χ4n) is 17.6. The number of carbonyl (C=O) groups is 7. The molecule has 0 spiro atoms. The van der Waals surface area contributed by atoms with E-state index in [4.69, 9.17) is 9.84 Å². The standard InChI is InChI=1S/C26H23N3O3.C25H27N3O2.C22H15N3OS.C21H20N4O2.C21H17N3O/c30-21-10-6-19(14-21)26(31)27-20-9-13-24-23(15-20)25(29-28-24)18-7-11-22(12-8-18)32-16-17-4-2-1-3-5-17;29-15-7-3-1-2-4-10-24(30)26-21-13-14-23-22(17-21)25(28-27-23)20-12-11-18-8-5-6-9-19(18)16-20;26-22(20-6-3-11-27-20)23-17-9-10-19-18(13-17)21(25-24-19)16-8-7-14-4-1-2-5-15(14)12-16;26-20(12-4-5-12)22-15-3-1-2-14(10-15)19-17-11-16(8-9-18(17)24-25-19)23-21(27)13-6-7-13;25-21(14-6-7-14)22-17-9-10-19-18(12-17)20(24-23-19)16-8-5-13-3-1-2-4-15(13)11-16/h1-5,7-9,11-13,15,19H,6,10,14,16H2,(H,27,31)(H,28,29);5-6,8-9,11-14,16-17,29H,1-4,7,10,15H2,(H,26,30)(H,27,28);1-13H,(H,23,26)(H,24,25);1-3,8-13H,4-7H2,(H,22,26)(H,23,27)(H,24,25);1-5,8-12,14H,6-7H2,(H,22,25)(H,23,24).